The van der Waals surface area contributed by atoms with Crippen LogP contribution in [0.25, 0.3) is 0 Å². The molecule has 0 aromatic carbocycles. The highest BCUT2D eigenvalue weighted by Crippen LogP contribution is 2.08. The van der Waals surface area contributed by atoms with Crippen LogP contribution in [-0.4, -0.2) is 14.8 Å². The zero-order valence-electron chi connectivity index (χ0n) is 7.81. The fraction of sp³-hybridized carbons (Fsp3) is 0.200. The second kappa shape index (κ2) is 3.92. The first-order valence-corrected chi connectivity index (χ1v) is 5.14. The van der Waals surface area contributed by atoms with E-state index in [1.807, 2.05) is 36.0 Å². The van der Waals surface area contributed by atoms with Crippen LogP contribution < -0.4 is 0 Å². The lowest BCUT2D eigenvalue weighted by Gasteiger charge is -2.00. The lowest BCUT2D eigenvalue weighted by Crippen LogP contribution is -2.02. The van der Waals surface area contributed by atoms with E-state index in [0.29, 0.717) is 0 Å². The number of rotatable bonds is 2. The minimum absolute atomic E-state index is 0.723. The summed E-state index contributed by atoms with van der Waals surface area (Å²) in [5.41, 5.74) is 2.04. The molecule has 0 amide bonds. The molecule has 0 atom stereocenters. The molecule has 4 heteroatoms. The van der Waals surface area contributed by atoms with Crippen molar-refractivity contribution in [2.24, 2.45) is 0 Å². The first kappa shape index (κ1) is 9.40. The zero-order chi connectivity index (χ0) is 9.97. The van der Waals surface area contributed by atoms with Gasteiger partial charge in [-0.15, -0.1) is 0 Å². The van der Waals surface area contributed by atoms with Crippen molar-refractivity contribution in [3.63, 3.8) is 0 Å². The van der Waals surface area contributed by atoms with Gasteiger partial charge in [-0.3, -0.25) is 9.67 Å². The Balaban J connectivity index is 2.15. The van der Waals surface area contributed by atoms with Gasteiger partial charge in [-0.25, -0.2) is 0 Å². The van der Waals surface area contributed by atoms with Crippen LogP contribution in [0.4, 0.5) is 0 Å². The second-order valence-corrected chi connectivity index (χ2v) is 4.04. The highest BCUT2D eigenvalue weighted by molar-refractivity contribution is 9.10. The zero-order valence-corrected chi connectivity index (χ0v) is 9.40. The van der Waals surface area contributed by atoms with E-state index in [1.165, 1.54) is 0 Å². The lowest BCUT2D eigenvalue weighted by molar-refractivity contribution is 0.666. The van der Waals surface area contributed by atoms with Crippen LogP contribution in [-0.2, 0) is 6.54 Å². The molecular weight excluding hydrogens is 242 g/mol. The van der Waals surface area contributed by atoms with E-state index in [0.717, 1.165) is 22.4 Å². The molecule has 0 spiro atoms. The molecule has 0 radical (unpaired) electrons. The summed E-state index contributed by atoms with van der Waals surface area (Å²) in [4.78, 5) is 4.28. The Morgan fingerprint density at radius 2 is 2.21 bits per heavy atom. The van der Waals surface area contributed by atoms with E-state index in [4.69, 9.17) is 0 Å². The van der Waals surface area contributed by atoms with Gasteiger partial charge in [-0.05, 0) is 41.1 Å². The quantitative estimate of drug-likeness (QED) is 0.821. The molecule has 14 heavy (non-hydrogen) atoms. The van der Waals surface area contributed by atoms with E-state index in [9.17, 15) is 0 Å². The molecule has 0 unspecified atom stereocenters. The van der Waals surface area contributed by atoms with Crippen molar-refractivity contribution in [2.75, 3.05) is 0 Å². The first-order chi connectivity index (χ1) is 6.74. The third-order valence-electron chi connectivity index (χ3n) is 1.89. The van der Waals surface area contributed by atoms with Crippen molar-refractivity contribution < 1.29 is 0 Å². The highest BCUT2D eigenvalue weighted by Gasteiger charge is 1.97. The predicted octanol–water partition coefficient (Wildman–Crippen LogP) is 2.40. The fourth-order valence-electron chi connectivity index (χ4n) is 1.22. The molecule has 0 N–H and O–H groups in total. The van der Waals surface area contributed by atoms with Gasteiger partial charge in [0.2, 0.25) is 0 Å². The lowest BCUT2D eigenvalue weighted by atomic mass is 10.3. The van der Waals surface area contributed by atoms with Gasteiger partial charge < -0.3 is 0 Å². The first-order valence-electron chi connectivity index (χ1n) is 4.34. The molecule has 72 valence electrons. The summed E-state index contributed by atoms with van der Waals surface area (Å²) >= 11 is 3.35. The van der Waals surface area contributed by atoms with Gasteiger partial charge >= 0.3 is 0 Å². The van der Waals surface area contributed by atoms with Crippen molar-refractivity contribution in [1.82, 2.24) is 14.8 Å². The maximum atomic E-state index is 4.29. The van der Waals surface area contributed by atoms with Gasteiger partial charge in [-0.1, -0.05) is 0 Å². The van der Waals surface area contributed by atoms with Gasteiger partial charge in [0.15, 0.2) is 0 Å². The molecule has 2 aromatic heterocycles. The molecule has 0 bridgehead atoms. The van der Waals surface area contributed by atoms with Crippen LogP contribution in [0.1, 0.15) is 11.4 Å². The summed E-state index contributed by atoms with van der Waals surface area (Å²) in [6, 6.07) is 5.96. The Labute approximate surface area is 90.9 Å². The molecule has 0 aliphatic carbocycles. The van der Waals surface area contributed by atoms with Gasteiger partial charge in [-0.2, -0.15) is 5.10 Å². The molecular formula is C10H10BrN3. The average molecular weight is 252 g/mol. The second-order valence-electron chi connectivity index (χ2n) is 3.12. The molecule has 0 saturated heterocycles. The van der Waals surface area contributed by atoms with Crippen LogP contribution >= 0.6 is 15.9 Å². The summed E-state index contributed by atoms with van der Waals surface area (Å²) in [5, 5.41) is 4.29. The summed E-state index contributed by atoms with van der Waals surface area (Å²) in [6.07, 6.45) is 3.75. The number of pyridine rings is 1. The maximum absolute atomic E-state index is 4.29. The van der Waals surface area contributed by atoms with E-state index in [1.54, 1.807) is 6.20 Å². The smallest absolute Gasteiger partial charge is 0.0831 e. The van der Waals surface area contributed by atoms with Gasteiger partial charge in [0, 0.05) is 16.9 Å². The number of aromatic nitrogens is 3. The third kappa shape index (κ3) is 2.20. The normalized spacial score (nSPS) is 10.4. The molecule has 2 heterocycles. The van der Waals surface area contributed by atoms with Crippen molar-refractivity contribution in [2.45, 2.75) is 13.5 Å². The van der Waals surface area contributed by atoms with Crippen molar-refractivity contribution in [3.05, 3.63) is 46.5 Å². The summed E-state index contributed by atoms with van der Waals surface area (Å²) in [6.45, 7) is 2.70. The van der Waals surface area contributed by atoms with Crippen LogP contribution in [0.3, 0.4) is 0 Å². The number of halogens is 1. The van der Waals surface area contributed by atoms with Crippen LogP contribution in [0.15, 0.2) is 35.1 Å². The van der Waals surface area contributed by atoms with Crippen LogP contribution in [0.5, 0.6) is 0 Å². The van der Waals surface area contributed by atoms with E-state index in [2.05, 4.69) is 26.0 Å². The van der Waals surface area contributed by atoms with E-state index < -0.39 is 0 Å². The molecule has 0 fully saturated rings. The molecule has 0 aliphatic heterocycles. The topological polar surface area (TPSA) is 30.7 Å². The van der Waals surface area contributed by atoms with Gasteiger partial charge in [0.05, 0.1) is 17.9 Å². The standard InChI is InChI=1S/C10H10BrN3/c1-8-4-5-14(13-8)7-10-3-2-9(11)6-12-10/h2-6H,7H2,1H3. The van der Waals surface area contributed by atoms with E-state index in [-0.39, 0.29) is 0 Å². The van der Waals surface area contributed by atoms with Crippen molar-refractivity contribution in [3.8, 4) is 0 Å². The monoisotopic (exact) mass is 251 g/mol. The summed E-state index contributed by atoms with van der Waals surface area (Å²) < 4.78 is 2.88. The molecule has 2 rings (SSSR count). The minimum Gasteiger partial charge on any atom is -0.266 e. The number of hydrogen-bond acceptors (Lipinski definition) is 2. The third-order valence-corrected chi connectivity index (χ3v) is 2.36. The summed E-state index contributed by atoms with van der Waals surface area (Å²) in [7, 11) is 0. The maximum Gasteiger partial charge on any atom is 0.0831 e. The predicted molar refractivity (Wildman–Crippen MR) is 58.0 cm³/mol. The minimum atomic E-state index is 0.723. The van der Waals surface area contributed by atoms with E-state index >= 15 is 0 Å². The fourth-order valence-corrected chi connectivity index (χ4v) is 1.45. The van der Waals surface area contributed by atoms with Crippen LogP contribution in [0, 0.1) is 6.92 Å². The Morgan fingerprint density at radius 1 is 1.36 bits per heavy atom. The van der Waals surface area contributed by atoms with Crippen molar-refractivity contribution in [1.29, 1.82) is 0 Å². The number of aryl methyl sites for hydroxylation is 1. The van der Waals surface area contributed by atoms with Gasteiger partial charge in [0.1, 0.15) is 0 Å². The largest absolute Gasteiger partial charge is 0.266 e. The number of nitrogens with zero attached hydrogens (tertiary/aromatic N) is 3. The highest BCUT2D eigenvalue weighted by atomic mass is 79.9. The van der Waals surface area contributed by atoms with Crippen molar-refractivity contribution >= 4 is 15.9 Å². The Morgan fingerprint density at radius 3 is 2.79 bits per heavy atom. The average Bonchev–Trinajstić information content (AvgIpc) is 2.56. The Bertz CT molecular complexity index is 419. The molecule has 0 saturated carbocycles. The SMILES string of the molecule is Cc1ccn(Cc2ccc(Br)cn2)n1. The number of hydrogen-bond donors (Lipinski definition) is 0. The van der Waals surface area contributed by atoms with Crippen LogP contribution in [0.2, 0.25) is 0 Å². The molecule has 3 nitrogen and oxygen atoms in total. The Hall–Kier alpha value is -1.16. The molecule has 0 aliphatic rings. The summed E-state index contributed by atoms with van der Waals surface area (Å²) in [5.74, 6) is 0. The van der Waals surface area contributed by atoms with Gasteiger partial charge in [0.25, 0.3) is 0 Å². The Kier molecular flexibility index (Phi) is 2.63. The molecule has 2 aromatic rings.